The minimum atomic E-state index is -0.643. The van der Waals surface area contributed by atoms with Crippen LogP contribution in [0.3, 0.4) is 0 Å². The lowest BCUT2D eigenvalue weighted by atomic mass is 10.0. The van der Waals surface area contributed by atoms with E-state index in [2.05, 4.69) is 0 Å². The summed E-state index contributed by atoms with van der Waals surface area (Å²) in [5.74, 6) is -1.02. The Morgan fingerprint density at radius 3 is 2.32 bits per heavy atom. The van der Waals surface area contributed by atoms with E-state index < -0.39 is 5.82 Å². The lowest BCUT2D eigenvalue weighted by Crippen LogP contribution is -2.06. The number of hydrogen-bond acceptors (Lipinski definition) is 1. The van der Waals surface area contributed by atoms with Gasteiger partial charge in [-0.3, -0.25) is 4.79 Å². The van der Waals surface area contributed by atoms with Crippen LogP contribution in [0.5, 0.6) is 0 Å². The molecule has 0 amide bonds. The molecule has 2 aromatic rings. The van der Waals surface area contributed by atoms with E-state index in [0.717, 1.165) is 6.07 Å². The van der Waals surface area contributed by atoms with Crippen molar-refractivity contribution >= 4 is 40.6 Å². The molecule has 0 fully saturated rings. The van der Waals surface area contributed by atoms with E-state index in [0.29, 0.717) is 15.6 Å². The Balaban J connectivity index is 2.28. The largest absolute Gasteiger partial charge is 0.294 e. The van der Waals surface area contributed by atoms with E-state index in [4.69, 9.17) is 34.8 Å². The summed E-state index contributed by atoms with van der Waals surface area (Å²) >= 11 is 17.4. The van der Waals surface area contributed by atoms with Crippen molar-refractivity contribution in [2.24, 2.45) is 0 Å². The molecule has 0 saturated carbocycles. The van der Waals surface area contributed by atoms with Gasteiger partial charge in [-0.05, 0) is 42.0 Å². The zero-order chi connectivity index (χ0) is 14.0. The quantitative estimate of drug-likeness (QED) is 0.710. The molecule has 0 spiro atoms. The number of rotatable bonds is 3. The smallest absolute Gasteiger partial charge is 0.170 e. The highest BCUT2D eigenvalue weighted by Gasteiger charge is 2.14. The van der Waals surface area contributed by atoms with Crippen LogP contribution >= 0.6 is 34.8 Å². The summed E-state index contributed by atoms with van der Waals surface area (Å²) < 4.78 is 13.6. The Labute approximate surface area is 124 Å². The van der Waals surface area contributed by atoms with Gasteiger partial charge in [0.25, 0.3) is 0 Å². The summed E-state index contributed by atoms with van der Waals surface area (Å²) in [6.45, 7) is 0. The third-order valence-corrected chi connectivity index (χ3v) is 3.43. The molecule has 0 saturated heterocycles. The maximum absolute atomic E-state index is 13.6. The molecule has 0 N–H and O–H groups in total. The molecule has 2 aromatic carbocycles. The van der Waals surface area contributed by atoms with Gasteiger partial charge in [0.15, 0.2) is 5.78 Å². The van der Waals surface area contributed by atoms with Gasteiger partial charge in [0, 0.05) is 21.5 Å². The molecule has 0 aliphatic carbocycles. The van der Waals surface area contributed by atoms with Crippen molar-refractivity contribution in [2.75, 3.05) is 0 Å². The number of ketones is 1. The molecule has 0 aromatic heterocycles. The van der Waals surface area contributed by atoms with Crippen LogP contribution in [0.25, 0.3) is 0 Å². The van der Waals surface area contributed by atoms with Crippen LogP contribution in [0.4, 0.5) is 4.39 Å². The molecule has 98 valence electrons. The Kier molecular flexibility index (Phi) is 4.46. The molecule has 0 atom stereocenters. The van der Waals surface area contributed by atoms with Crippen LogP contribution < -0.4 is 0 Å². The molecule has 0 bridgehead atoms. The molecular formula is C14H8Cl3FO. The van der Waals surface area contributed by atoms with E-state index in [-0.39, 0.29) is 22.8 Å². The van der Waals surface area contributed by atoms with Gasteiger partial charge in [-0.1, -0.05) is 34.8 Å². The topological polar surface area (TPSA) is 17.1 Å². The Morgan fingerprint density at radius 2 is 1.63 bits per heavy atom. The molecule has 0 aliphatic heterocycles. The summed E-state index contributed by atoms with van der Waals surface area (Å²) in [7, 11) is 0. The highest BCUT2D eigenvalue weighted by molar-refractivity contribution is 6.33. The molecular weight excluding hydrogens is 310 g/mol. The first kappa shape index (κ1) is 14.3. The minimum Gasteiger partial charge on any atom is -0.294 e. The first-order chi connectivity index (χ1) is 8.97. The Hall–Kier alpha value is -1.09. The van der Waals surface area contributed by atoms with E-state index in [1.54, 1.807) is 18.2 Å². The first-order valence-corrected chi connectivity index (χ1v) is 6.53. The molecule has 1 nitrogen and oxygen atoms in total. The SMILES string of the molecule is O=C(Cc1cc(Cl)ccc1Cl)c1ccc(Cl)cc1F. The molecule has 5 heteroatoms. The van der Waals surface area contributed by atoms with Gasteiger partial charge >= 0.3 is 0 Å². The van der Waals surface area contributed by atoms with Crippen molar-refractivity contribution in [3.8, 4) is 0 Å². The minimum absolute atomic E-state index is 0.0135. The van der Waals surface area contributed by atoms with Gasteiger partial charge in [-0.15, -0.1) is 0 Å². The summed E-state index contributed by atoms with van der Waals surface area (Å²) in [4.78, 5) is 12.0. The van der Waals surface area contributed by atoms with Crippen molar-refractivity contribution in [1.29, 1.82) is 0 Å². The highest BCUT2D eigenvalue weighted by Crippen LogP contribution is 2.23. The van der Waals surface area contributed by atoms with E-state index in [1.165, 1.54) is 12.1 Å². The van der Waals surface area contributed by atoms with Crippen LogP contribution in [0.15, 0.2) is 36.4 Å². The third kappa shape index (κ3) is 3.47. The fraction of sp³-hybridized carbons (Fsp3) is 0.0714. The van der Waals surface area contributed by atoms with Gasteiger partial charge in [-0.25, -0.2) is 4.39 Å². The van der Waals surface area contributed by atoms with Crippen molar-refractivity contribution in [1.82, 2.24) is 0 Å². The number of carbonyl (C=O) groups excluding carboxylic acids is 1. The Morgan fingerprint density at radius 1 is 1.00 bits per heavy atom. The molecule has 0 aliphatic rings. The van der Waals surface area contributed by atoms with Gasteiger partial charge in [0.05, 0.1) is 5.56 Å². The fourth-order valence-corrected chi connectivity index (χ4v) is 2.20. The van der Waals surface area contributed by atoms with Crippen molar-refractivity contribution < 1.29 is 9.18 Å². The lowest BCUT2D eigenvalue weighted by Gasteiger charge is -2.06. The summed E-state index contributed by atoms with van der Waals surface area (Å²) in [5, 5.41) is 1.14. The van der Waals surface area contributed by atoms with Crippen LogP contribution in [0, 0.1) is 5.82 Å². The first-order valence-electron chi connectivity index (χ1n) is 5.39. The predicted molar refractivity (Wildman–Crippen MR) is 75.9 cm³/mol. The summed E-state index contributed by atoms with van der Waals surface area (Å²) in [6.07, 6.45) is -0.0159. The van der Waals surface area contributed by atoms with Crippen LogP contribution in [0.1, 0.15) is 15.9 Å². The molecule has 0 radical (unpaired) electrons. The van der Waals surface area contributed by atoms with E-state index in [9.17, 15) is 9.18 Å². The molecule has 19 heavy (non-hydrogen) atoms. The van der Waals surface area contributed by atoms with Gasteiger partial charge in [-0.2, -0.15) is 0 Å². The zero-order valence-corrected chi connectivity index (χ0v) is 11.9. The van der Waals surface area contributed by atoms with Crippen molar-refractivity contribution in [2.45, 2.75) is 6.42 Å². The molecule has 0 heterocycles. The number of benzene rings is 2. The van der Waals surface area contributed by atoms with Crippen LogP contribution in [-0.2, 0) is 6.42 Å². The second kappa shape index (κ2) is 5.91. The third-order valence-electron chi connectivity index (χ3n) is 2.59. The second-order valence-corrected chi connectivity index (χ2v) is 5.24. The van der Waals surface area contributed by atoms with E-state index in [1.807, 2.05) is 0 Å². The monoisotopic (exact) mass is 316 g/mol. The summed E-state index contributed by atoms with van der Waals surface area (Å²) in [5.41, 5.74) is 0.550. The normalized spacial score (nSPS) is 10.5. The average Bonchev–Trinajstić information content (AvgIpc) is 2.33. The number of Topliss-reactive ketones (excluding diaryl/α,β-unsaturated/α-hetero) is 1. The number of halogens is 4. The van der Waals surface area contributed by atoms with Crippen molar-refractivity contribution in [3.05, 3.63) is 68.4 Å². The van der Waals surface area contributed by atoms with E-state index >= 15 is 0 Å². The van der Waals surface area contributed by atoms with Gasteiger partial charge < -0.3 is 0 Å². The second-order valence-electron chi connectivity index (χ2n) is 3.96. The maximum Gasteiger partial charge on any atom is 0.170 e. The van der Waals surface area contributed by atoms with Crippen LogP contribution in [0.2, 0.25) is 15.1 Å². The summed E-state index contributed by atoms with van der Waals surface area (Å²) in [6, 6.07) is 8.76. The average molecular weight is 318 g/mol. The Bertz CT molecular complexity index is 641. The molecule has 0 unspecified atom stereocenters. The molecule has 2 rings (SSSR count). The number of hydrogen-bond donors (Lipinski definition) is 0. The zero-order valence-electron chi connectivity index (χ0n) is 9.59. The highest BCUT2D eigenvalue weighted by atomic mass is 35.5. The number of carbonyl (C=O) groups is 1. The van der Waals surface area contributed by atoms with Crippen LogP contribution in [-0.4, -0.2) is 5.78 Å². The van der Waals surface area contributed by atoms with Gasteiger partial charge in [0.1, 0.15) is 5.82 Å². The standard InChI is InChI=1S/C14H8Cl3FO/c15-9-2-4-12(17)8(5-9)6-14(19)11-3-1-10(16)7-13(11)18/h1-5,7H,6H2. The predicted octanol–water partition coefficient (Wildman–Crippen LogP) is 5.21. The lowest BCUT2D eigenvalue weighted by molar-refractivity contribution is 0.0989. The van der Waals surface area contributed by atoms with Gasteiger partial charge in [0.2, 0.25) is 0 Å². The fourth-order valence-electron chi connectivity index (χ4n) is 1.66. The van der Waals surface area contributed by atoms with Crippen molar-refractivity contribution in [3.63, 3.8) is 0 Å². The maximum atomic E-state index is 13.6.